The maximum Gasteiger partial charge on any atom is 0.251 e. The summed E-state index contributed by atoms with van der Waals surface area (Å²) in [6.07, 6.45) is 1.52. The number of carbonyl (C=O) groups is 1. The molecule has 1 amide bonds. The predicted octanol–water partition coefficient (Wildman–Crippen LogP) is 5.15. The van der Waals surface area contributed by atoms with Gasteiger partial charge in [-0.05, 0) is 47.8 Å². The number of carbonyl (C=O) groups excluding carboxylic acids is 1. The van der Waals surface area contributed by atoms with Gasteiger partial charge in [0, 0.05) is 16.0 Å². The van der Waals surface area contributed by atoms with Crippen LogP contribution in [0.4, 0.5) is 0 Å². The van der Waals surface area contributed by atoms with Gasteiger partial charge in [-0.3, -0.25) is 4.79 Å². The van der Waals surface area contributed by atoms with Crippen molar-refractivity contribution in [2.45, 2.75) is 6.54 Å². The Morgan fingerprint density at radius 2 is 2.10 bits per heavy atom. The third-order valence-corrected chi connectivity index (χ3v) is 5.68. The Balaban J connectivity index is 1.43. The minimum Gasteiger partial charge on any atom is -0.497 e. The predicted molar refractivity (Wildman–Crippen MR) is 117 cm³/mol. The minimum absolute atomic E-state index is 0.167. The number of hydrogen-bond donors (Lipinski definition) is 1. The van der Waals surface area contributed by atoms with Gasteiger partial charge in [0.05, 0.1) is 19.0 Å². The van der Waals surface area contributed by atoms with Crippen molar-refractivity contribution >= 4 is 28.2 Å². The van der Waals surface area contributed by atoms with Gasteiger partial charge in [-0.2, -0.15) is 0 Å². The first-order chi connectivity index (χ1) is 15.2. The number of nitrogens with zero attached hydrogens (tertiary/aromatic N) is 2. The van der Waals surface area contributed by atoms with Crippen molar-refractivity contribution in [3.8, 4) is 28.6 Å². The largest absolute Gasteiger partial charge is 0.497 e. The lowest BCUT2D eigenvalue weighted by atomic mass is 10.1. The number of rotatable bonds is 6. The molecule has 0 saturated carbocycles. The Morgan fingerprint density at radius 3 is 2.94 bits per heavy atom. The molecule has 154 valence electrons. The highest BCUT2D eigenvalue weighted by atomic mass is 32.1. The summed E-state index contributed by atoms with van der Waals surface area (Å²) in [5, 5.41) is 9.74. The number of oxazole rings is 1. The second-order valence-electron chi connectivity index (χ2n) is 6.77. The van der Waals surface area contributed by atoms with Crippen LogP contribution in [0.25, 0.3) is 33.8 Å². The van der Waals surface area contributed by atoms with E-state index in [4.69, 9.17) is 13.7 Å². The molecule has 0 bridgehead atoms. The number of methoxy groups -OCH3 is 1. The molecule has 5 rings (SSSR count). The Bertz CT molecular complexity index is 1350. The molecule has 1 N–H and O–H groups in total. The fourth-order valence-electron chi connectivity index (χ4n) is 3.22. The van der Waals surface area contributed by atoms with E-state index in [-0.39, 0.29) is 5.91 Å². The molecule has 3 aromatic heterocycles. The van der Waals surface area contributed by atoms with Gasteiger partial charge in [0.25, 0.3) is 5.91 Å². The van der Waals surface area contributed by atoms with Crippen LogP contribution in [-0.2, 0) is 6.54 Å². The number of ether oxygens (including phenoxy) is 1. The number of nitrogens with one attached hydrogen (secondary N) is 1. The van der Waals surface area contributed by atoms with Gasteiger partial charge >= 0.3 is 0 Å². The summed E-state index contributed by atoms with van der Waals surface area (Å²) in [6, 6.07) is 16.6. The van der Waals surface area contributed by atoms with Gasteiger partial charge in [0.2, 0.25) is 5.89 Å². The molecule has 0 radical (unpaired) electrons. The Labute approximate surface area is 181 Å². The number of amides is 1. The highest BCUT2D eigenvalue weighted by molar-refractivity contribution is 7.09. The number of aromatic nitrogens is 2. The summed E-state index contributed by atoms with van der Waals surface area (Å²) in [5.41, 5.74) is 2.90. The molecule has 0 aliphatic rings. The monoisotopic (exact) mass is 431 g/mol. The van der Waals surface area contributed by atoms with E-state index in [9.17, 15) is 4.79 Å². The fraction of sp³-hybridized carbons (Fsp3) is 0.0870. The molecule has 5 aromatic rings. The number of hydrogen-bond acceptors (Lipinski definition) is 7. The van der Waals surface area contributed by atoms with E-state index in [2.05, 4.69) is 15.5 Å². The van der Waals surface area contributed by atoms with Gasteiger partial charge in [0.15, 0.2) is 5.58 Å². The second-order valence-corrected chi connectivity index (χ2v) is 7.81. The summed E-state index contributed by atoms with van der Waals surface area (Å²) in [4.78, 5) is 18.2. The van der Waals surface area contributed by atoms with E-state index in [1.54, 1.807) is 36.6 Å². The number of fused-ring (bicyclic) bond motifs is 1. The van der Waals surface area contributed by atoms with Crippen LogP contribution in [0.3, 0.4) is 0 Å². The quantitative estimate of drug-likeness (QED) is 0.400. The van der Waals surface area contributed by atoms with Crippen molar-refractivity contribution in [1.29, 1.82) is 0 Å². The maximum absolute atomic E-state index is 12.6. The fourth-order valence-corrected chi connectivity index (χ4v) is 3.86. The topological polar surface area (TPSA) is 90.4 Å². The Morgan fingerprint density at radius 1 is 1.16 bits per heavy atom. The van der Waals surface area contributed by atoms with Crippen LogP contribution in [0.2, 0.25) is 0 Å². The first-order valence-corrected chi connectivity index (χ1v) is 10.4. The van der Waals surface area contributed by atoms with Crippen LogP contribution < -0.4 is 10.1 Å². The van der Waals surface area contributed by atoms with Gasteiger partial charge in [-0.15, -0.1) is 11.3 Å². The zero-order valence-electron chi connectivity index (χ0n) is 16.5. The Kier molecular flexibility index (Phi) is 4.97. The van der Waals surface area contributed by atoms with E-state index in [0.29, 0.717) is 46.1 Å². The maximum atomic E-state index is 12.6. The van der Waals surface area contributed by atoms with Gasteiger partial charge in [-0.25, -0.2) is 4.98 Å². The smallest absolute Gasteiger partial charge is 0.251 e. The van der Waals surface area contributed by atoms with Gasteiger partial charge in [-0.1, -0.05) is 17.3 Å². The van der Waals surface area contributed by atoms with Crippen LogP contribution in [0.15, 0.2) is 75.2 Å². The van der Waals surface area contributed by atoms with Crippen molar-refractivity contribution in [1.82, 2.24) is 15.5 Å². The summed E-state index contributed by atoms with van der Waals surface area (Å²) in [6.45, 7) is 0.484. The number of benzene rings is 2. The molecular weight excluding hydrogens is 414 g/mol. The number of thiophene rings is 1. The summed E-state index contributed by atoms with van der Waals surface area (Å²) < 4.78 is 16.3. The third kappa shape index (κ3) is 3.80. The van der Waals surface area contributed by atoms with Crippen molar-refractivity contribution in [3.63, 3.8) is 0 Å². The summed E-state index contributed by atoms with van der Waals surface area (Å²) >= 11 is 1.60. The Hall–Kier alpha value is -3.91. The van der Waals surface area contributed by atoms with Crippen LogP contribution in [0.5, 0.6) is 5.75 Å². The van der Waals surface area contributed by atoms with Crippen LogP contribution >= 0.6 is 11.3 Å². The second kappa shape index (κ2) is 8.08. The average molecular weight is 431 g/mol. The molecule has 0 fully saturated rings. The highest BCUT2D eigenvalue weighted by Gasteiger charge is 2.18. The molecule has 0 unspecified atom stereocenters. The van der Waals surface area contributed by atoms with Crippen molar-refractivity contribution in [2.24, 2.45) is 0 Å². The molecule has 0 aliphatic carbocycles. The first kappa shape index (κ1) is 19.1. The molecule has 3 heterocycles. The third-order valence-electron chi connectivity index (χ3n) is 4.80. The molecule has 8 heteroatoms. The minimum atomic E-state index is -0.167. The van der Waals surface area contributed by atoms with Crippen LogP contribution in [-0.4, -0.2) is 23.2 Å². The lowest BCUT2D eigenvalue weighted by Gasteiger charge is -2.03. The standard InChI is InChI=1S/C23H17N3O4S/c1-28-16-5-2-4-15(10-16)23-25-19(13-29-23)21-18-11-14(7-8-20(18)30-26-21)22(27)24-12-17-6-3-9-31-17/h2-11,13H,12H2,1H3,(H,24,27). The molecule has 31 heavy (non-hydrogen) atoms. The highest BCUT2D eigenvalue weighted by Crippen LogP contribution is 2.31. The van der Waals surface area contributed by atoms with Crippen molar-refractivity contribution < 1.29 is 18.5 Å². The molecule has 7 nitrogen and oxygen atoms in total. The first-order valence-electron chi connectivity index (χ1n) is 9.51. The van der Waals surface area contributed by atoms with Gasteiger partial charge in [0.1, 0.15) is 23.4 Å². The summed E-state index contributed by atoms with van der Waals surface area (Å²) in [5.74, 6) is 0.983. The molecule has 2 aromatic carbocycles. The van der Waals surface area contributed by atoms with Crippen molar-refractivity contribution in [3.05, 3.63) is 76.7 Å². The SMILES string of the molecule is COc1cccc(-c2nc(-c3noc4ccc(C(=O)NCc5cccs5)cc34)co2)c1. The van der Waals surface area contributed by atoms with E-state index in [0.717, 1.165) is 10.4 Å². The average Bonchev–Trinajstić information content (AvgIpc) is 3.57. The van der Waals surface area contributed by atoms with Crippen LogP contribution in [0.1, 0.15) is 15.2 Å². The van der Waals surface area contributed by atoms with Crippen LogP contribution in [0, 0.1) is 0 Å². The van der Waals surface area contributed by atoms with Crippen molar-refractivity contribution in [2.75, 3.05) is 7.11 Å². The molecule has 0 atom stereocenters. The lowest BCUT2D eigenvalue weighted by molar-refractivity contribution is 0.0951. The van der Waals surface area contributed by atoms with E-state index in [1.807, 2.05) is 41.8 Å². The molecular formula is C23H17N3O4S. The molecule has 0 aliphatic heterocycles. The molecule has 0 spiro atoms. The molecule has 0 saturated heterocycles. The lowest BCUT2D eigenvalue weighted by Crippen LogP contribution is -2.22. The normalized spacial score (nSPS) is 11.0. The van der Waals surface area contributed by atoms with E-state index >= 15 is 0 Å². The van der Waals surface area contributed by atoms with E-state index in [1.165, 1.54) is 6.26 Å². The van der Waals surface area contributed by atoms with Gasteiger partial charge < -0.3 is 19.0 Å². The zero-order valence-corrected chi connectivity index (χ0v) is 17.3. The van der Waals surface area contributed by atoms with E-state index < -0.39 is 0 Å². The zero-order chi connectivity index (χ0) is 21.2. The summed E-state index contributed by atoms with van der Waals surface area (Å²) in [7, 11) is 1.61.